The lowest BCUT2D eigenvalue weighted by Gasteiger charge is -2.13. The van der Waals surface area contributed by atoms with E-state index in [2.05, 4.69) is 25.3 Å². The van der Waals surface area contributed by atoms with Crippen molar-refractivity contribution in [1.29, 1.82) is 0 Å². The van der Waals surface area contributed by atoms with Crippen LogP contribution in [0, 0.1) is 12.7 Å². The summed E-state index contributed by atoms with van der Waals surface area (Å²) in [6, 6.07) is 8.94. The molecule has 0 radical (unpaired) electrons. The normalized spacial score (nSPS) is 11.6. The summed E-state index contributed by atoms with van der Waals surface area (Å²) in [6.45, 7) is 1.68. The highest BCUT2D eigenvalue weighted by Gasteiger charge is 2.30. The molecule has 5 nitrogen and oxygen atoms in total. The molecule has 3 aromatic heterocycles. The molecule has 0 aliphatic carbocycles. The topological polar surface area (TPSA) is 63.6 Å². The van der Waals surface area contributed by atoms with Crippen LogP contribution in [0.25, 0.3) is 22.2 Å². The molecule has 0 unspecified atom stereocenters. The Morgan fingerprint density at radius 1 is 0.931 bits per heavy atom. The lowest BCUT2D eigenvalue weighted by molar-refractivity contribution is -0.137. The third-order valence-electron chi connectivity index (χ3n) is 4.39. The van der Waals surface area contributed by atoms with Crippen molar-refractivity contribution in [3.8, 4) is 11.3 Å². The first-order valence-electron chi connectivity index (χ1n) is 8.50. The maximum absolute atomic E-state index is 15.0. The van der Waals surface area contributed by atoms with E-state index in [0.717, 1.165) is 12.3 Å². The molecule has 9 heteroatoms. The fourth-order valence-corrected chi connectivity index (χ4v) is 2.90. The summed E-state index contributed by atoms with van der Waals surface area (Å²) in [5, 5.41) is 3.51. The predicted octanol–water partition coefficient (Wildman–Crippen LogP) is 5.30. The van der Waals surface area contributed by atoms with Crippen molar-refractivity contribution in [3.63, 3.8) is 0 Å². The first kappa shape index (κ1) is 18.7. The second-order valence-electron chi connectivity index (χ2n) is 6.25. The third-order valence-corrected chi connectivity index (χ3v) is 4.39. The SMILES string of the molecule is Cc1c(Nc2ccc(C(F)(F)F)cn2)ncnc1-c1ccc2cccnc2c1F. The zero-order chi connectivity index (χ0) is 20.6. The van der Waals surface area contributed by atoms with Gasteiger partial charge < -0.3 is 5.32 Å². The van der Waals surface area contributed by atoms with Gasteiger partial charge in [-0.3, -0.25) is 4.98 Å². The number of hydrogen-bond donors (Lipinski definition) is 1. The van der Waals surface area contributed by atoms with E-state index in [-0.39, 0.29) is 16.9 Å². The van der Waals surface area contributed by atoms with Crippen LogP contribution in [0.3, 0.4) is 0 Å². The molecule has 0 spiro atoms. The number of halogens is 4. The van der Waals surface area contributed by atoms with Crippen molar-refractivity contribution >= 4 is 22.5 Å². The molecule has 0 saturated carbocycles. The molecule has 0 aliphatic heterocycles. The first-order valence-corrected chi connectivity index (χ1v) is 8.50. The first-order chi connectivity index (χ1) is 13.8. The van der Waals surface area contributed by atoms with E-state index in [9.17, 15) is 17.6 Å². The highest BCUT2D eigenvalue weighted by molar-refractivity contribution is 5.85. The van der Waals surface area contributed by atoms with Crippen molar-refractivity contribution < 1.29 is 17.6 Å². The van der Waals surface area contributed by atoms with Crippen LogP contribution in [-0.2, 0) is 6.18 Å². The molecular formula is C20H13F4N5. The van der Waals surface area contributed by atoms with Crippen molar-refractivity contribution in [1.82, 2.24) is 19.9 Å². The van der Waals surface area contributed by atoms with Gasteiger partial charge in [0.2, 0.25) is 0 Å². The van der Waals surface area contributed by atoms with Crippen molar-refractivity contribution in [3.05, 3.63) is 72.1 Å². The highest BCUT2D eigenvalue weighted by Crippen LogP contribution is 2.32. The quantitative estimate of drug-likeness (QED) is 0.474. The van der Waals surface area contributed by atoms with Gasteiger partial charge >= 0.3 is 6.18 Å². The van der Waals surface area contributed by atoms with Crippen molar-refractivity contribution in [2.45, 2.75) is 13.1 Å². The smallest absolute Gasteiger partial charge is 0.325 e. The minimum atomic E-state index is -4.47. The van der Waals surface area contributed by atoms with Gasteiger partial charge in [0.25, 0.3) is 0 Å². The molecule has 1 N–H and O–H groups in total. The highest BCUT2D eigenvalue weighted by atomic mass is 19.4. The number of benzene rings is 1. The van der Waals surface area contributed by atoms with E-state index < -0.39 is 17.6 Å². The minimum absolute atomic E-state index is 0.173. The molecular weight excluding hydrogens is 386 g/mol. The zero-order valence-electron chi connectivity index (χ0n) is 15.0. The maximum atomic E-state index is 15.0. The number of hydrogen-bond acceptors (Lipinski definition) is 5. The van der Waals surface area contributed by atoms with Gasteiger partial charge in [0.15, 0.2) is 5.82 Å². The largest absolute Gasteiger partial charge is 0.417 e. The van der Waals surface area contributed by atoms with E-state index >= 15 is 0 Å². The Morgan fingerprint density at radius 3 is 2.48 bits per heavy atom. The van der Waals surface area contributed by atoms with Crippen LogP contribution in [-0.4, -0.2) is 19.9 Å². The molecule has 0 fully saturated rings. The third kappa shape index (κ3) is 3.58. The molecule has 1 aromatic carbocycles. The average molecular weight is 399 g/mol. The zero-order valence-corrected chi connectivity index (χ0v) is 15.0. The molecule has 0 atom stereocenters. The van der Waals surface area contributed by atoms with Crippen LogP contribution in [0.15, 0.2) is 55.1 Å². The number of rotatable bonds is 3. The summed E-state index contributed by atoms with van der Waals surface area (Å²) in [6.07, 6.45) is -0.984. The minimum Gasteiger partial charge on any atom is -0.325 e. The Morgan fingerprint density at radius 2 is 1.76 bits per heavy atom. The fraction of sp³-hybridized carbons (Fsp3) is 0.100. The number of aromatic nitrogens is 4. The Kier molecular flexibility index (Phi) is 4.57. The predicted molar refractivity (Wildman–Crippen MR) is 100.0 cm³/mol. The van der Waals surface area contributed by atoms with Crippen molar-refractivity contribution in [2.24, 2.45) is 0 Å². The molecule has 0 bridgehead atoms. The molecule has 29 heavy (non-hydrogen) atoms. The summed E-state index contributed by atoms with van der Waals surface area (Å²) in [7, 11) is 0. The Labute approximate surface area is 162 Å². The summed E-state index contributed by atoms with van der Waals surface area (Å²) in [5.41, 5.74) is 0.484. The van der Waals surface area contributed by atoms with Crippen LogP contribution in [0.4, 0.5) is 29.2 Å². The van der Waals surface area contributed by atoms with Gasteiger partial charge in [-0.1, -0.05) is 12.1 Å². The van der Waals surface area contributed by atoms with Crippen LogP contribution >= 0.6 is 0 Å². The molecule has 0 saturated heterocycles. The van der Waals surface area contributed by atoms with Crippen LogP contribution < -0.4 is 5.32 Å². The molecule has 3 heterocycles. The van der Waals surface area contributed by atoms with E-state index in [1.54, 1.807) is 31.2 Å². The Balaban J connectivity index is 1.71. The van der Waals surface area contributed by atoms with Gasteiger partial charge in [-0.15, -0.1) is 0 Å². The van der Waals surface area contributed by atoms with Gasteiger partial charge in [0.05, 0.1) is 11.3 Å². The summed E-state index contributed by atoms with van der Waals surface area (Å²) in [5.74, 6) is -0.0299. The van der Waals surface area contributed by atoms with Gasteiger partial charge in [0, 0.05) is 28.9 Å². The van der Waals surface area contributed by atoms with Gasteiger partial charge in [-0.25, -0.2) is 19.3 Å². The number of anilines is 2. The molecule has 0 aliphatic rings. The number of alkyl halides is 3. The Bertz CT molecular complexity index is 1190. The molecule has 4 rings (SSSR count). The van der Waals surface area contributed by atoms with Crippen LogP contribution in [0.5, 0.6) is 0 Å². The lowest BCUT2D eigenvalue weighted by atomic mass is 10.0. The summed E-state index contributed by atoms with van der Waals surface area (Å²) in [4.78, 5) is 16.1. The monoisotopic (exact) mass is 399 g/mol. The summed E-state index contributed by atoms with van der Waals surface area (Å²) >= 11 is 0. The number of fused-ring (bicyclic) bond motifs is 1. The average Bonchev–Trinajstić information content (AvgIpc) is 2.70. The van der Waals surface area contributed by atoms with E-state index in [1.165, 1.54) is 18.6 Å². The standard InChI is InChI=1S/C20H13F4N5/c1-11-17(14-6-4-12-3-2-8-25-18(12)16(14)21)27-10-28-19(11)29-15-7-5-13(9-26-15)20(22,23)24/h2-10H,1H3,(H,26,27,28,29). The van der Waals surface area contributed by atoms with E-state index in [4.69, 9.17) is 0 Å². The number of nitrogens with zero attached hydrogens (tertiary/aromatic N) is 4. The molecule has 146 valence electrons. The number of pyridine rings is 2. The maximum Gasteiger partial charge on any atom is 0.417 e. The second kappa shape index (κ2) is 7.08. The van der Waals surface area contributed by atoms with Gasteiger partial charge in [0.1, 0.15) is 23.5 Å². The van der Waals surface area contributed by atoms with Crippen molar-refractivity contribution in [2.75, 3.05) is 5.32 Å². The second-order valence-corrected chi connectivity index (χ2v) is 6.25. The summed E-state index contributed by atoms with van der Waals surface area (Å²) < 4.78 is 53.0. The van der Waals surface area contributed by atoms with E-state index in [1.807, 2.05) is 0 Å². The molecule has 0 amide bonds. The molecule has 4 aromatic rings. The van der Waals surface area contributed by atoms with Gasteiger partial charge in [-0.05, 0) is 31.2 Å². The fourth-order valence-electron chi connectivity index (χ4n) is 2.90. The van der Waals surface area contributed by atoms with Crippen LogP contribution in [0.2, 0.25) is 0 Å². The van der Waals surface area contributed by atoms with Crippen LogP contribution in [0.1, 0.15) is 11.1 Å². The Hall–Kier alpha value is -3.62. The number of nitrogens with one attached hydrogen (secondary N) is 1. The lowest BCUT2D eigenvalue weighted by Crippen LogP contribution is -2.06. The van der Waals surface area contributed by atoms with Gasteiger partial charge in [-0.2, -0.15) is 13.2 Å². The van der Waals surface area contributed by atoms with E-state index in [0.29, 0.717) is 22.5 Å².